The molecule has 1 aromatic carbocycles. The van der Waals surface area contributed by atoms with Crippen LogP contribution >= 0.6 is 0 Å². The monoisotopic (exact) mass is 330 g/mol. The summed E-state index contributed by atoms with van der Waals surface area (Å²) < 4.78 is 14.2. The van der Waals surface area contributed by atoms with Crippen LogP contribution in [0, 0.1) is 5.82 Å². The lowest BCUT2D eigenvalue weighted by Crippen LogP contribution is -2.25. The molecule has 0 bridgehead atoms. The molecule has 0 saturated heterocycles. The van der Waals surface area contributed by atoms with Crippen LogP contribution in [0.3, 0.4) is 0 Å². The van der Waals surface area contributed by atoms with Crippen LogP contribution in [-0.2, 0) is 0 Å². The molecule has 24 heavy (non-hydrogen) atoms. The van der Waals surface area contributed by atoms with Gasteiger partial charge in [0, 0.05) is 32.9 Å². The van der Waals surface area contributed by atoms with Gasteiger partial charge in [0.1, 0.15) is 11.6 Å². The van der Waals surface area contributed by atoms with E-state index in [1.165, 1.54) is 12.1 Å². The minimum Gasteiger partial charge on any atom is -0.363 e. The number of pyridine rings is 1. The van der Waals surface area contributed by atoms with Crippen molar-refractivity contribution in [2.24, 2.45) is 0 Å². The number of rotatable bonds is 4. The number of nitrogens with zero attached hydrogens (tertiary/aromatic N) is 2. The molecule has 6 heteroatoms. The second-order valence-corrected chi connectivity index (χ2v) is 6.07. The summed E-state index contributed by atoms with van der Waals surface area (Å²) in [6.45, 7) is 3.93. The number of benzene rings is 1. The molecule has 0 aliphatic rings. The Labute approximate surface area is 141 Å². The van der Waals surface area contributed by atoms with Crippen molar-refractivity contribution in [3.8, 4) is 11.1 Å². The van der Waals surface area contributed by atoms with Crippen molar-refractivity contribution in [3.63, 3.8) is 0 Å². The summed E-state index contributed by atoms with van der Waals surface area (Å²) in [5.41, 5.74) is 2.78. The lowest BCUT2D eigenvalue weighted by molar-refractivity contribution is 0.254. The summed E-state index contributed by atoms with van der Waals surface area (Å²) in [4.78, 5) is 18.0. The fraction of sp³-hybridized carbons (Fsp3) is 0.333. The molecule has 0 saturated carbocycles. The van der Waals surface area contributed by atoms with E-state index >= 15 is 0 Å². The molecule has 2 N–H and O–H groups in total. The standard InChI is InChI=1S/C18H23FN4O/c1-11(2)14-9-13(19)10-15(17(14)22-18(24)20-3)12-6-7-21-16(8-12)23(4)5/h6-11H,1-5H3,(H2,20,22,24). The predicted molar refractivity (Wildman–Crippen MR) is 96.1 cm³/mol. The Morgan fingerprint density at radius 1 is 1.25 bits per heavy atom. The molecule has 128 valence electrons. The Morgan fingerprint density at radius 2 is 1.96 bits per heavy atom. The molecule has 0 atom stereocenters. The smallest absolute Gasteiger partial charge is 0.319 e. The van der Waals surface area contributed by atoms with Gasteiger partial charge >= 0.3 is 6.03 Å². The van der Waals surface area contributed by atoms with E-state index < -0.39 is 0 Å². The average molecular weight is 330 g/mol. The Balaban J connectivity index is 2.67. The number of halogens is 1. The number of carbonyl (C=O) groups excluding carboxylic acids is 1. The highest BCUT2D eigenvalue weighted by molar-refractivity contribution is 5.96. The fourth-order valence-corrected chi connectivity index (χ4v) is 2.46. The number of aromatic nitrogens is 1. The molecule has 0 radical (unpaired) electrons. The van der Waals surface area contributed by atoms with Crippen LogP contribution in [0.1, 0.15) is 25.3 Å². The molecule has 2 amide bonds. The van der Waals surface area contributed by atoms with E-state index in [0.717, 1.165) is 16.9 Å². The van der Waals surface area contributed by atoms with E-state index in [0.29, 0.717) is 11.3 Å². The summed E-state index contributed by atoms with van der Waals surface area (Å²) in [5, 5.41) is 5.37. The van der Waals surface area contributed by atoms with Crippen LogP contribution in [0.25, 0.3) is 11.1 Å². The molecule has 2 rings (SSSR count). The minimum absolute atomic E-state index is 0.0572. The van der Waals surface area contributed by atoms with E-state index in [1.807, 2.05) is 38.9 Å². The molecule has 5 nitrogen and oxygen atoms in total. The van der Waals surface area contributed by atoms with Crippen LogP contribution in [0.2, 0.25) is 0 Å². The topological polar surface area (TPSA) is 57.3 Å². The maximum Gasteiger partial charge on any atom is 0.319 e. The quantitative estimate of drug-likeness (QED) is 0.896. The third-order valence-corrected chi connectivity index (χ3v) is 3.74. The molecule has 0 spiro atoms. The van der Waals surface area contributed by atoms with Crippen LogP contribution in [0.5, 0.6) is 0 Å². The number of amides is 2. The largest absolute Gasteiger partial charge is 0.363 e. The van der Waals surface area contributed by atoms with Gasteiger partial charge in [0.25, 0.3) is 0 Å². The van der Waals surface area contributed by atoms with E-state index in [-0.39, 0.29) is 17.8 Å². The van der Waals surface area contributed by atoms with E-state index in [2.05, 4.69) is 15.6 Å². The number of hydrogen-bond donors (Lipinski definition) is 2. The predicted octanol–water partition coefficient (Wildman–Crippen LogP) is 3.83. The van der Waals surface area contributed by atoms with E-state index in [9.17, 15) is 9.18 Å². The van der Waals surface area contributed by atoms with Gasteiger partial charge in [0.05, 0.1) is 5.69 Å². The first-order valence-corrected chi connectivity index (χ1v) is 7.79. The van der Waals surface area contributed by atoms with Crippen molar-refractivity contribution in [1.29, 1.82) is 0 Å². The molecule has 0 aliphatic carbocycles. The van der Waals surface area contributed by atoms with Crippen molar-refractivity contribution < 1.29 is 9.18 Å². The van der Waals surface area contributed by atoms with Crippen LogP contribution < -0.4 is 15.5 Å². The zero-order valence-corrected chi connectivity index (χ0v) is 14.6. The molecular formula is C18H23FN4O. The first-order valence-electron chi connectivity index (χ1n) is 7.79. The molecule has 1 aromatic heterocycles. The van der Waals surface area contributed by atoms with Gasteiger partial charge in [-0.15, -0.1) is 0 Å². The molecule has 0 aliphatic heterocycles. The summed E-state index contributed by atoms with van der Waals surface area (Å²) in [6.07, 6.45) is 1.67. The lowest BCUT2D eigenvalue weighted by atomic mass is 9.94. The number of hydrogen-bond acceptors (Lipinski definition) is 3. The highest BCUT2D eigenvalue weighted by Gasteiger charge is 2.17. The first kappa shape index (κ1) is 17.7. The summed E-state index contributed by atoms with van der Waals surface area (Å²) >= 11 is 0. The van der Waals surface area contributed by atoms with Gasteiger partial charge in [0.2, 0.25) is 0 Å². The summed E-state index contributed by atoms with van der Waals surface area (Å²) in [7, 11) is 5.33. The Hall–Kier alpha value is -2.63. The third-order valence-electron chi connectivity index (χ3n) is 3.74. The van der Waals surface area contributed by atoms with Gasteiger partial charge in [0.15, 0.2) is 0 Å². The van der Waals surface area contributed by atoms with Crippen molar-refractivity contribution in [3.05, 3.63) is 41.8 Å². The Bertz CT molecular complexity index is 744. The average Bonchev–Trinajstić information content (AvgIpc) is 2.55. The minimum atomic E-state index is -0.341. The van der Waals surface area contributed by atoms with Gasteiger partial charge in [-0.2, -0.15) is 0 Å². The molecule has 0 unspecified atom stereocenters. The van der Waals surface area contributed by atoms with Crippen LogP contribution in [0.4, 0.5) is 20.7 Å². The second-order valence-electron chi connectivity index (χ2n) is 6.07. The van der Waals surface area contributed by atoms with Crippen LogP contribution in [0.15, 0.2) is 30.5 Å². The van der Waals surface area contributed by atoms with Crippen molar-refractivity contribution >= 4 is 17.5 Å². The molecular weight excluding hydrogens is 307 g/mol. The fourth-order valence-electron chi connectivity index (χ4n) is 2.46. The third kappa shape index (κ3) is 3.82. The summed E-state index contributed by atoms with van der Waals surface area (Å²) in [5.74, 6) is 0.481. The van der Waals surface area contributed by atoms with Crippen molar-refractivity contribution in [2.45, 2.75) is 19.8 Å². The van der Waals surface area contributed by atoms with E-state index in [1.54, 1.807) is 19.3 Å². The number of carbonyl (C=O) groups is 1. The second kappa shape index (κ2) is 7.29. The number of urea groups is 1. The Kier molecular flexibility index (Phi) is 5.39. The SMILES string of the molecule is CNC(=O)Nc1c(-c2ccnc(N(C)C)c2)cc(F)cc1C(C)C. The van der Waals surface area contributed by atoms with E-state index in [4.69, 9.17) is 0 Å². The van der Waals surface area contributed by atoms with Gasteiger partial charge in [-0.05, 0) is 41.3 Å². The molecule has 1 heterocycles. The lowest BCUT2D eigenvalue weighted by Gasteiger charge is -2.19. The van der Waals surface area contributed by atoms with Gasteiger partial charge in [-0.3, -0.25) is 0 Å². The molecule has 2 aromatic rings. The van der Waals surface area contributed by atoms with Crippen LogP contribution in [-0.4, -0.2) is 32.2 Å². The normalized spacial score (nSPS) is 10.6. The number of anilines is 2. The maximum atomic E-state index is 14.2. The van der Waals surface area contributed by atoms with Gasteiger partial charge in [-0.1, -0.05) is 13.8 Å². The van der Waals surface area contributed by atoms with Gasteiger partial charge in [-0.25, -0.2) is 14.2 Å². The first-order chi connectivity index (χ1) is 11.3. The van der Waals surface area contributed by atoms with Crippen molar-refractivity contribution in [2.75, 3.05) is 31.4 Å². The highest BCUT2D eigenvalue weighted by atomic mass is 19.1. The van der Waals surface area contributed by atoms with Gasteiger partial charge < -0.3 is 15.5 Å². The Morgan fingerprint density at radius 3 is 2.54 bits per heavy atom. The molecule has 0 fully saturated rings. The summed E-state index contributed by atoms with van der Waals surface area (Å²) in [6, 6.07) is 6.24. The number of nitrogens with one attached hydrogen (secondary N) is 2. The van der Waals surface area contributed by atoms with Crippen molar-refractivity contribution in [1.82, 2.24) is 10.3 Å². The maximum absolute atomic E-state index is 14.2. The highest BCUT2D eigenvalue weighted by Crippen LogP contribution is 2.36. The zero-order valence-electron chi connectivity index (χ0n) is 14.6. The zero-order chi connectivity index (χ0) is 17.9.